The van der Waals surface area contributed by atoms with Gasteiger partial charge in [0.05, 0.1) is 28.0 Å². The summed E-state index contributed by atoms with van der Waals surface area (Å²) in [5.74, 6) is 0.0783. The second-order valence-electron chi connectivity index (χ2n) is 6.29. The van der Waals surface area contributed by atoms with Crippen molar-refractivity contribution in [3.05, 3.63) is 53.2 Å². The lowest BCUT2D eigenvalue weighted by atomic mass is 10.1. The molecule has 0 unspecified atom stereocenters. The van der Waals surface area contributed by atoms with E-state index in [1.54, 1.807) is 28.9 Å². The highest BCUT2D eigenvalue weighted by molar-refractivity contribution is 6.32. The van der Waals surface area contributed by atoms with Gasteiger partial charge in [-0.1, -0.05) is 17.7 Å². The van der Waals surface area contributed by atoms with Crippen LogP contribution in [0.25, 0.3) is 16.8 Å². The number of likely N-dealkylation sites (tertiary alicyclic amines) is 1. The lowest BCUT2D eigenvalue weighted by Gasteiger charge is -2.26. The molecule has 1 aromatic carbocycles. The van der Waals surface area contributed by atoms with Gasteiger partial charge in [0.15, 0.2) is 0 Å². The first-order valence-corrected chi connectivity index (χ1v) is 8.78. The molecule has 5 nitrogen and oxygen atoms in total. The second kappa shape index (κ2) is 6.41. The van der Waals surface area contributed by atoms with Gasteiger partial charge in [-0.15, -0.1) is 0 Å². The molecule has 0 spiro atoms. The molecular weight excluding hydrogens is 338 g/mol. The molecule has 0 aliphatic carbocycles. The third-order valence-electron chi connectivity index (χ3n) is 4.66. The van der Waals surface area contributed by atoms with Crippen molar-refractivity contribution in [2.75, 3.05) is 13.1 Å². The van der Waals surface area contributed by atoms with E-state index >= 15 is 0 Å². The van der Waals surface area contributed by atoms with E-state index in [2.05, 4.69) is 5.10 Å². The van der Waals surface area contributed by atoms with Crippen LogP contribution in [0.1, 0.15) is 29.6 Å². The van der Waals surface area contributed by atoms with Gasteiger partial charge < -0.3 is 10.0 Å². The van der Waals surface area contributed by atoms with Crippen molar-refractivity contribution >= 4 is 23.0 Å². The number of pyridine rings is 1. The van der Waals surface area contributed by atoms with Crippen LogP contribution in [0.4, 0.5) is 0 Å². The van der Waals surface area contributed by atoms with E-state index in [1.165, 1.54) is 6.42 Å². The molecule has 0 radical (unpaired) electrons. The lowest BCUT2D eigenvalue weighted by Crippen LogP contribution is -2.35. The Balaban J connectivity index is 1.77. The summed E-state index contributed by atoms with van der Waals surface area (Å²) >= 11 is 6.03. The van der Waals surface area contributed by atoms with Gasteiger partial charge in [0, 0.05) is 18.7 Å². The number of phenolic OH excluding ortho intramolecular Hbond substituents is 1. The van der Waals surface area contributed by atoms with E-state index in [1.807, 2.05) is 23.1 Å². The largest absolute Gasteiger partial charge is 0.506 e. The molecule has 0 atom stereocenters. The zero-order valence-electron chi connectivity index (χ0n) is 13.7. The Bertz CT molecular complexity index is 945. The maximum absolute atomic E-state index is 12.8. The summed E-state index contributed by atoms with van der Waals surface area (Å²) in [5, 5.41) is 14.3. The normalized spacial score (nSPS) is 14.8. The fourth-order valence-electron chi connectivity index (χ4n) is 3.33. The number of halogens is 1. The van der Waals surface area contributed by atoms with Crippen molar-refractivity contribution in [1.29, 1.82) is 0 Å². The Hall–Kier alpha value is -2.53. The number of hydrogen-bond donors (Lipinski definition) is 1. The maximum Gasteiger partial charge on any atom is 0.257 e. The summed E-state index contributed by atoms with van der Waals surface area (Å²) in [7, 11) is 0. The minimum atomic E-state index is 0.0376. The van der Waals surface area contributed by atoms with E-state index in [0.29, 0.717) is 5.56 Å². The fourth-order valence-corrected chi connectivity index (χ4v) is 3.51. The number of amides is 1. The highest BCUT2D eigenvalue weighted by atomic mass is 35.5. The second-order valence-corrected chi connectivity index (χ2v) is 6.69. The summed E-state index contributed by atoms with van der Waals surface area (Å²) in [6.45, 7) is 1.62. The summed E-state index contributed by atoms with van der Waals surface area (Å²) in [6.07, 6.45) is 4.94. The van der Waals surface area contributed by atoms with Gasteiger partial charge in [-0.05, 0) is 49.6 Å². The molecule has 4 rings (SSSR count). The first-order valence-electron chi connectivity index (χ1n) is 8.40. The molecule has 1 saturated heterocycles. The molecule has 1 N–H and O–H groups in total. The number of carbonyl (C=O) groups excluding carboxylic acids is 1. The van der Waals surface area contributed by atoms with Gasteiger partial charge in [0.2, 0.25) is 0 Å². The minimum Gasteiger partial charge on any atom is -0.506 e. The molecule has 1 aliphatic rings. The standard InChI is InChI=1S/C19H18ClN3O2/c20-15-11-13(7-8-18(15)24)16-5-4-6-17-14(12-21-23(16)17)19(25)22-9-2-1-3-10-22/h4-8,11-12,24H,1-3,9-10H2. The summed E-state index contributed by atoms with van der Waals surface area (Å²) in [5.41, 5.74) is 3.04. The number of piperidine rings is 1. The molecule has 0 bridgehead atoms. The number of fused-ring (bicyclic) bond motifs is 1. The molecule has 3 aromatic rings. The Labute approximate surface area is 150 Å². The van der Waals surface area contributed by atoms with E-state index in [0.717, 1.165) is 42.7 Å². The quantitative estimate of drug-likeness (QED) is 0.756. The van der Waals surface area contributed by atoms with Gasteiger partial charge in [-0.25, -0.2) is 4.52 Å². The predicted octanol–water partition coefficient (Wildman–Crippen LogP) is 3.99. The summed E-state index contributed by atoms with van der Waals surface area (Å²) in [6, 6.07) is 10.7. The number of phenols is 1. The number of hydrogen-bond acceptors (Lipinski definition) is 3. The van der Waals surface area contributed by atoms with Crippen LogP contribution in [0.15, 0.2) is 42.6 Å². The van der Waals surface area contributed by atoms with Crippen LogP contribution in [-0.2, 0) is 0 Å². The Kier molecular flexibility index (Phi) is 4.09. The monoisotopic (exact) mass is 355 g/mol. The Morgan fingerprint density at radius 3 is 2.68 bits per heavy atom. The van der Waals surface area contributed by atoms with E-state index in [4.69, 9.17) is 11.6 Å². The van der Waals surface area contributed by atoms with Crippen molar-refractivity contribution in [2.45, 2.75) is 19.3 Å². The first kappa shape index (κ1) is 16.0. The van der Waals surface area contributed by atoms with Gasteiger partial charge in [0.1, 0.15) is 5.75 Å². The van der Waals surface area contributed by atoms with E-state index in [-0.39, 0.29) is 16.7 Å². The summed E-state index contributed by atoms with van der Waals surface area (Å²) in [4.78, 5) is 14.7. The number of aromatic nitrogens is 2. The molecular formula is C19H18ClN3O2. The molecule has 1 amide bonds. The van der Waals surface area contributed by atoms with Gasteiger partial charge >= 0.3 is 0 Å². The lowest BCUT2D eigenvalue weighted by molar-refractivity contribution is 0.0726. The topological polar surface area (TPSA) is 57.8 Å². The average molecular weight is 356 g/mol. The van der Waals surface area contributed by atoms with Crippen LogP contribution in [0, 0.1) is 0 Å². The fraction of sp³-hybridized carbons (Fsp3) is 0.263. The molecule has 1 aliphatic heterocycles. The molecule has 0 saturated carbocycles. The highest BCUT2D eigenvalue weighted by Gasteiger charge is 2.22. The van der Waals surface area contributed by atoms with Gasteiger partial charge in [0.25, 0.3) is 5.91 Å². The molecule has 6 heteroatoms. The third kappa shape index (κ3) is 2.85. The molecule has 128 valence electrons. The van der Waals surface area contributed by atoms with Crippen molar-refractivity contribution < 1.29 is 9.90 Å². The minimum absolute atomic E-state index is 0.0376. The zero-order chi connectivity index (χ0) is 17.4. The van der Waals surface area contributed by atoms with Crippen LogP contribution < -0.4 is 0 Å². The number of aromatic hydroxyl groups is 1. The van der Waals surface area contributed by atoms with Crippen molar-refractivity contribution in [3.63, 3.8) is 0 Å². The molecule has 3 heterocycles. The van der Waals surface area contributed by atoms with E-state index in [9.17, 15) is 9.90 Å². The summed E-state index contributed by atoms with van der Waals surface area (Å²) < 4.78 is 1.75. The highest BCUT2D eigenvalue weighted by Crippen LogP contribution is 2.30. The van der Waals surface area contributed by atoms with Crippen LogP contribution in [-0.4, -0.2) is 38.6 Å². The Morgan fingerprint density at radius 2 is 1.92 bits per heavy atom. The van der Waals surface area contributed by atoms with Crippen molar-refractivity contribution in [2.24, 2.45) is 0 Å². The molecule has 25 heavy (non-hydrogen) atoms. The molecule has 1 fully saturated rings. The number of rotatable bonds is 2. The van der Waals surface area contributed by atoms with Gasteiger partial charge in [-0.2, -0.15) is 5.10 Å². The van der Waals surface area contributed by atoms with Gasteiger partial charge in [-0.3, -0.25) is 4.79 Å². The van der Waals surface area contributed by atoms with Crippen LogP contribution >= 0.6 is 11.6 Å². The average Bonchev–Trinajstić information content (AvgIpc) is 3.08. The predicted molar refractivity (Wildman–Crippen MR) is 97.1 cm³/mol. The van der Waals surface area contributed by atoms with Crippen LogP contribution in [0.5, 0.6) is 5.75 Å². The molecule has 2 aromatic heterocycles. The van der Waals surface area contributed by atoms with Crippen LogP contribution in [0.3, 0.4) is 0 Å². The maximum atomic E-state index is 12.8. The number of nitrogens with zero attached hydrogens (tertiary/aromatic N) is 3. The van der Waals surface area contributed by atoms with Crippen molar-refractivity contribution in [3.8, 4) is 17.0 Å². The third-order valence-corrected chi connectivity index (χ3v) is 4.96. The Morgan fingerprint density at radius 1 is 1.12 bits per heavy atom. The van der Waals surface area contributed by atoms with Crippen LogP contribution in [0.2, 0.25) is 5.02 Å². The number of benzene rings is 1. The SMILES string of the molecule is O=C(c1cnn2c(-c3ccc(O)c(Cl)c3)cccc12)N1CCCCC1. The smallest absolute Gasteiger partial charge is 0.257 e. The number of carbonyl (C=O) groups is 1. The zero-order valence-corrected chi connectivity index (χ0v) is 14.4. The first-order chi connectivity index (χ1) is 12.1. The van der Waals surface area contributed by atoms with Crippen molar-refractivity contribution in [1.82, 2.24) is 14.5 Å². The van der Waals surface area contributed by atoms with E-state index < -0.39 is 0 Å².